The first-order valence-corrected chi connectivity index (χ1v) is 14.0. The number of amides is 3. The smallest absolute Gasteiger partial charge is 0.336 e. The van der Waals surface area contributed by atoms with Crippen LogP contribution < -0.4 is 10.6 Å². The average Bonchev–Trinajstić information content (AvgIpc) is 2.79. The van der Waals surface area contributed by atoms with Gasteiger partial charge in [-0.3, -0.25) is 4.79 Å². The Morgan fingerprint density at radius 2 is 1.74 bits per heavy atom. The zero-order valence-electron chi connectivity index (χ0n) is 18.5. The molecule has 34 heavy (non-hydrogen) atoms. The van der Waals surface area contributed by atoms with E-state index < -0.39 is 16.1 Å². The quantitative estimate of drug-likeness (QED) is 0.582. The fourth-order valence-electron chi connectivity index (χ4n) is 6.75. The maximum atomic E-state index is 13.2. The van der Waals surface area contributed by atoms with E-state index in [1.807, 2.05) is 0 Å². The molecule has 0 unspecified atom stereocenters. The van der Waals surface area contributed by atoms with Crippen molar-refractivity contribution in [2.24, 2.45) is 23.7 Å². The summed E-state index contributed by atoms with van der Waals surface area (Å²) in [5.74, 6) is 2.69. The van der Waals surface area contributed by atoms with E-state index >= 15 is 0 Å². The van der Waals surface area contributed by atoms with Crippen LogP contribution in [0.3, 0.4) is 0 Å². The van der Waals surface area contributed by atoms with Crippen molar-refractivity contribution in [2.45, 2.75) is 49.6 Å². The lowest BCUT2D eigenvalue weighted by Gasteiger charge is -2.54. The summed E-state index contributed by atoms with van der Waals surface area (Å²) in [5, 5.41) is 5.94. The first-order valence-electron chi connectivity index (χ1n) is 11.8. The molecule has 4 saturated carbocycles. The molecule has 1 aliphatic heterocycles. The van der Waals surface area contributed by atoms with Crippen molar-refractivity contribution in [1.82, 2.24) is 9.62 Å². The lowest BCUT2D eigenvalue weighted by molar-refractivity contribution is -0.0119. The van der Waals surface area contributed by atoms with E-state index in [0.29, 0.717) is 27.4 Å². The third-order valence-electron chi connectivity index (χ3n) is 8.02. The van der Waals surface area contributed by atoms with Crippen LogP contribution in [0.15, 0.2) is 51.8 Å². The molecule has 0 saturated heterocycles. The molecule has 4 bridgehead atoms. The Bertz CT molecular complexity index is 1270. The van der Waals surface area contributed by atoms with E-state index in [0.717, 1.165) is 16.1 Å². The van der Waals surface area contributed by atoms with Crippen molar-refractivity contribution >= 4 is 43.6 Å². The second kappa shape index (κ2) is 8.09. The Labute approximate surface area is 207 Å². The summed E-state index contributed by atoms with van der Waals surface area (Å²) >= 11 is 3.29. The van der Waals surface area contributed by atoms with Crippen LogP contribution in [-0.4, -0.2) is 30.7 Å². The minimum Gasteiger partial charge on any atom is -0.349 e. The highest BCUT2D eigenvalue weighted by atomic mass is 79.9. The van der Waals surface area contributed by atoms with Gasteiger partial charge in [0.2, 0.25) is 0 Å². The lowest BCUT2D eigenvalue weighted by Crippen LogP contribution is -2.55. The first kappa shape index (κ1) is 22.1. The van der Waals surface area contributed by atoms with Gasteiger partial charge in [0.25, 0.3) is 15.9 Å². The molecular weight excluding hydrogens is 518 g/mol. The molecule has 9 heteroatoms. The molecule has 0 spiro atoms. The van der Waals surface area contributed by atoms with Gasteiger partial charge in [-0.15, -0.1) is 0 Å². The standard InChI is InChI=1S/C25H26BrN3O4S/c26-20-4-5-21-22(12-20)34(32,33)29(25(31)27-21)13-14-2-1-3-17(7-14)24(30)28-23-18-8-15-6-16(10-18)11-19(23)9-15/h1-5,7,12,15-16,18-19,23H,6,8-11,13H2,(H,27,31)(H,28,30). The predicted octanol–water partition coefficient (Wildman–Crippen LogP) is 4.74. The van der Waals surface area contributed by atoms with Crippen molar-refractivity contribution < 1.29 is 18.0 Å². The van der Waals surface area contributed by atoms with Gasteiger partial charge in [-0.1, -0.05) is 28.1 Å². The highest BCUT2D eigenvalue weighted by molar-refractivity contribution is 9.10. The molecule has 2 aromatic carbocycles. The molecule has 2 aromatic rings. The van der Waals surface area contributed by atoms with Gasteiger partial charge in [0.1, 0.15) is 4.90 Å². The predicted molar refractivity (Wildman–Crippen MR) is 131 cm³/mol. The van der Waals surface area contributed by atoms with Crippen LogP contribution in [0.4, 0.5) is 10.5 Å². The monoisotopic (exact) mass is 543 g/mol. The number of fused-ring (bicyclic) bond motifs is 1. The van der Waals surface area contributed by atoms with E-state index in [2.05, 4.69) is 26.6 Å². The number of benzene rings is 2. The number of anilines is 1. The maximum absolute atomic E-state index is 13.2. The normalized spacial score (nSPS) is 30.6. The Hall–Kier alpha value is -2.39. The molecule has 0 aromatic heterocycles. The molecule has 7 nitrogen and oxygen atoms in total. The molecule has 3 amide bonds. The number of urea groups is 1. The Balaban J connectivity index is 1.21. The molecule has 4 fully saturated rings. The maximum Gasteiger partial charge on any atom is 0.336 e. The van der Waals surface area contributed by atoms with Crippen molar-refractivity contribution in [2.75, 3.05) is 5.32 Å². The van der Waals surface area contributed by atoms with Crippen LogP contribution in [0.1, 0.15) is 48.0 Å². The fraction of sp³-hybridized carbons (Fsp3) is 0.440. The van der Waals surface area contributed by atoms with Gasteiger partial charge in [-0.25, -0.2) is 17.5 Å². The summed E-state index contributed by atoms with van der Waals surface area (Å²) in [6.45, 7) is -0.153. The summed E-state index contributed by atoms with van der Waals surface area (Å²) in [7, 11) is -4.03. The summed E-state index contributed by atoms with van der Waals surface area (Å²) in [4.78, 5) is 25.8. The third-order valence-corrected chi connectivity index (χ3v) is 10.3. The largest absolute Gasteiger partial charge is 0.349 e. The topological polar surface area (TPSA) is 95.6 Å². The van der Waals surface area contributed by atoms with Crippen molar-refractivity contribution in [3.63, 3.8) is 0 Å². The Morgan fingerprint density at radius 3 is 2.44 bits per heavy atom. The van der Waals surface area contributed by atoms with E-state index in [-0.39, 0.29) is 29.1 Å². The SMILES string of the molecule is O=C(NC1C2CC3CC(C2)CC1C3)c1cccc(CN2C(=O)Nc3ccc(Br)cc3S2(=O)=O)c1. The first-order chi connectivity index (χ1) is 16.3. The second-order valence-corrected chi connectivity index (χ2v) is 13.0. The van der Waals surface area contributed by atoms with Gasteiger partial charge >= 0.3 is 6.03 Å². The van der Waals surface area contributed by atoms with Gasteiger partial charge in [-0.2, -0.15) is 0 Å². The van der Waals surface area contributed by atoms with E-state index in [9.17, 15) is 18.0 Å². The van der Waals surface area contributed by atoms with Crippen molar-refractivity contribution in [1.29, 1.82) is 0 Å². The van der Waals surface area contributed by atoms with Crippen LogP contribution in [-0.2, 0) is 16.6 Å². The number of sulfonamides is 1. The molecule has 5 aliphatic rings. The fourth-order valence-corrected chi connectivity index (χ4v) is 8.75. The van der Waals surface area contributed by atoms with Gasteiger partial charge < -0.3 is 10.6 Å². The zero-order valence-corrected chi connectivity index (χ0v) is 20.9. The van der Waals surface area contributed by atoms with Gasteiger partial charge in [0.05, 0.1) is 12.2 Å². The molecule has 0 radical (unpaired) electrons. The molecule has 2 N–H and O–H groups in total. The Morgan fingerprint density at radius 1 is 1.03 bits per heavy atom. The third kappa shape index (κ3) is 3.73. The van der Waals surface area contributed by atoms with Crippen LogP contribution in [0.25, 0.3) is 0 Å². The molecular formula is C25H26BrN3O4S. The minimum atomic E-state index is -4.03. The van der Waals surface area contributed by atoms with Crippen LogP contribution in [0.2, 0.25) is 0 Å². The number of halogens is 1. The molecule has 7 rings (SSSR count). The number of carbonyl (C=O) groups excluding carboxylic acids is 2. The second-order valence-electron chi connectivity index (χ2n) is 10.2. The number of hydrogen-bond acceptors (Lipinski definition) is 4. The zero-order chi connectivity index (χ0) is 23.6. The summed E-state index contributed by atoms with van der Waals surface area (Å²) < 4.78 is 27.7. The van der Waals surface area contributed by atoms with Gasteiger partial charge in [0, 0.05) is 16.1 Å². The van der Waals surface area contributed by atoms with E-state index in [4.69, 9.17) is 0 Å². The number of nitrogens with one attached hydrogen (secondary N) is 2. The van der Waals surface area contributed by atoms with Crippen LogP contribution in [0, 0.1) is 23.7 Å². The lowest BCUT2D eigenvalue weighted by atomic mass is 9.54. The minimum absolute atomic E-state index is 0.0391. The van der Waals surface area contributed by atoms with E-state index in [1.165, 1.54) is 38.2 Å². The average molecular weight is 544 g/mol. The van der Waals surface area contributed by atoms with Gasteiger partial charge in [0.15, 0.2) is 0 Å². The van der Waals surface area contributed by atoms with Crippen LogP contribution in [0.5, 0.6) is 0 Å². The summed E-state index contributed by atoms with van der Waals surface area (Å²) in [6, 6.07) is 11.1. The van der Waals surface area contributed by atoms with Gasteiger partial charge in [-0.05, 0) is 91.7 Å². The van der Waals surface area contributed by atoms with E-state index in [1.54, 1.807) is 36.4 Å². The summed E-state index contributed by atoms with van der Waals surface area (Å²) in [5.41, 5.74) is 1.33. The highest BCUT2D eigenvalue weighted by Crippen LogP contribution is 2.53. The molecule has 1 heterocycles. The Kier molecular flexibility index (Phi) is 5.26. The molecule has 0 atom stereocenters. The molecule has 178 valence electrons. The molecule has 4 aliphatic carbocycles. The van der Waals surface area contributed by atoms with Crippen molar-refractivity contribution in [3.05, 3.63) is 58.1 Å². The number of hydrogen-bond donors (Lipinski definition) is 2. The summed E-state index contributed by atoms with van der Waals surface area (Å²) in [6.07, 6.45) is 6.24. The highest BCUT2D eigenvalue weighted by Gasteiger charge is 2.48. The van der Waals surface area contributed by atoms with Crippen LogP contribution >= 0.6 is 15.9 Å². The number of nitrogens with zero attached hydrogens (tertiary/aromatic N) is 1. The number of carbonyl (C=O) groups is 2. The van der Waals surface area contributed by atoms with Crippen molar-refractivity contribution in [3.8, 4) is 0 Å². The number of rotatable bonds is 4.